The summed E-state index contributed by atoms with van der Waals surface area (Å²) in [5.74, 6) is 1.65. The van der Waals surface area contributed by atoms with E-state index in [0.29, 0.717) is 24.3 Å². The summed E-state index contributed by atoms with van der Waals surface area (Å²) in [6, 6.07) is 7.22. The van der Waals surface area contributed by atoms with E-state index in [1.54, 1.807) is 12.1 Å². The number of para-hydroxylation sites is 2. The number of carbonyl (C=O) groups excluding carboxylic acids is 1. The summed E-state index contributed by atoms with van der Waals surface area (Å²) in [4.78, 5) is 16.4. The molecule has 0 atom stereocenters. The number of aryl methyl sites for hydroxylation is 3. The second kappa shape index (κ2) is 6.88. The smallest absolute Gasteiger partial charge is 0.226 e. The lowest BCUT2D eigenvalue weighted by atomic mass is 10.2. The van der Waals surface area contributed by atoms with E-state index in [-0.39, 0.29) is 5.91 Å². The van der Waals surface area contributed by atoms with Crippen LogP contribution in [-0.4, -0.2) is 20.7 Å². The molecule has 1 amide bonds. The topological polar surface area (TPSA) is 85.8 Å². The molecule has 0 saturated carbocycles. The lowest BCUT2D eigenvalue weighted by molar-refractivity contribution is -0.116. The highest BCUT2D eigenvalue weighted by Gasteiger charge is 2.10. The molecule has 0 spiro atoms. The van der Waals surface area contributed by atoms with Crippen molar-refractivity contribution in [3.63, 3.8) is 0 Å². The average molecular weight is 287 g/mol. The number of nitrogen functional groups attached to an aromatic ring is 1. The number of rotatable bonds is 6. The number of nitrogens with one attached hydrogen (secondary N) is 1. The summed E-state index contributed by atoms with van der Waals surface area (Å²) in [6.07, 6.45) is 1.95. The lowest BCUT2D eigenvalue weighted by Crippen LogP contribution is -2.17. The van der Waals surface area contributed by atoms with Gasteiger partial charge in [-0.2, -0.15) is 5.10 Å². The maximum absolute atomic E-state index is 12.0. The Hall–Kier alpha value is -2.37. The molecule has 0 aliphatic rings. The standard InChI is InChI=1S/C15H21N5O/c1-3-13-18-14(4-2)20(19-13)10-9-15(21)17-12-8-6-5-7-11(12)16/h5-8H,3-4,9-10,16H2,1-2H3,(H,17,21). The number of anilines is 2. The van der Waals surface area contributed by atoms with Crippen LogP contribution in [0.15, 0.2) is 24.3 Å². The van der Waals surface area contributed by atoms with Crippen LogP contribution in [0.5, 0.6) is 0 Å². The van der Waals surface area contributed by atoms with Gasteiger partial charge in [-0.25, -0.2) is 9.67 Å². The maximum Gasteiger partial charge on any atom is 0.226 e. The Morgan fingerprint density at radius 3 is 2.71 bits per heavy atom. The molecule has 0 fully saturated rings. The summed E-state index contributed by atoms with van der Waals surface area (Å²) in [5, 5.41) is 7.21. The summed E-state index contributed by atoms with van der Waals surface area (Å²) < 4.78 is 1.81. The zero-order valence-corrected chi connectivity index (χ0v) is 12.5. The molecule has 6 nitrogen and oxygen atoms in total. The zero-order valence-electron chi connectivity index (χ0n) is 12.5. The van der Waals surface area contributed by atoms with Crippen LogP contribution in [0, 0.1) is 0 Å². The van der Waals surface area contributed by atoms with Gasteiger partial charge < -0.3 is 11.1 Å². The number of hydrogen-bond acceptors (Lipinski definition) is 4. The van der Waals surface area contributed by atoms with Crippen molar-refractivity contribution in [1.82, 2.24) is 14.8 Å². The highest BCUT2D eigenvalue weighted by atomic mass is 16.1. The van der Waals surface area contributed by atoms with Gasteiger partial charge in [-0.15, -0.1) is 0 Å². The minimum Gasteiger partial charge on any atom is -0.397 e. The first kappa shape index (κ1) is 15.0. The van der Waals surface area contributed by atoms with E-state index in [0.717, 1.165) is 24.5 Å². The molecule has 2 rings (SSSR count). The predicted molar refractivity (Wildman–Crippen MR) is 82.9 cm³/mol. The molecule has 1 aromatic heterocycles. The molecule has 0 aliphatic carbocycles. The first-order chi connectivity index (χ1) is 10.1. The predicted octanol–water partition coefficient (Wildman–Crippen LogP) is 2.01. The first-order valence-electron chi connectivity index (χ1n) is 7.21. The second-order valence-corrected chi connectivity index (χ2v) is 4.76. The Morgan fingerprint density at radius 2 is 2.05 bits per heavy atom. The fourth-order valence-electron chi connectivity index (χ4n) is 2.05. The molecular formula is C15H21N5O. The number of carbonyl (C=O) groups is 1. The number of aromatic nitrogens is 3. The minimum atomic E-state index is -0.0801. The third-order valence-electron chi connectivity index (χ3n) is 3.21. The SMILES string of the molecule is CCc1nc(CC)n(CCC(=O)Nc2ccccc2N)n1. The molecule has 112 valence electrons. The third kappa shape index (κ3) is 3.81. The summed E-state index contributed by atoms with van der Waals surface area (Å²) in [5.41, 5.74) is 7.01. The van der Waals surface area contributed by atoms with Crippen LogP contribution in [0.1, 0.15) is 31.9 Å². The minimum absolute atomic E-state index is 0.0801. The summed E-state index contributed by atoms with van der Waals surface area (Å²) >= 11 is 0. The Bertz CT molecular complexity index is 620. The molecule has 2 aromatic rings. The molecule has 0 bridgehead atoms. The quantitative estimate of drug-likeness (QED) is 0.796. The second-order valence-electron chi connectivity index (χ2n) is 4.76. The fourth-order valence-corrected chi connectivity index (χ4v) is 2.05. The van der Waals surface area contributed by atoms with Gasteiger partial charge in [0.25, 0.3) is 0 Å². The summed E-state index contributed by atoms with van der Waals surface area (Å²) in [7, 11) is 0. The van der Waals surface area contributed by atoms with Crippen LogP contribution < -0.4 is 11.1 Å². The van der Waals surface area contributed by atoms with Gasteiger partial charge in [0.15, 0.2) is 5.82 Å². The van der Waals surface area contributed by atoms with Gasteiger partial charge in [0.1, 0.15) is 5.82 Å². The fraction of sp³-hybridized carbons (Fsp3) is 0.400. The largest absolute Gasteiger partial charge is 0.397 e. The van der Waals surface area contributed by atoms with Gasteiger partial charge in [0.2, 0.25) is 5.91 Å². The highest BCUT2D eigenvalue weighted by molar-refractivity contribution is 5.93. The van der Waals surface area contributed by atoms with E-state index in [2.05, 4.69) is 15.4 Å². The van der Waals surface area contributed by atoms with Gasteiger partial charge >= 0.3 is 0 Å². The molecule has 3 N–H and O–H groups in total. The van der Waals surface area contributed by atoms with Crippen molar-refractivity contribution < 1.29 is 4.79 Å². The molecule has 1 heterocycles. The molecule has 1 aromatic carbocycles. The van der Waals surface area contributed by atoms with Crippen molar-refractivity contribution in [2.24, 2.45) is 0 Å². The van der Waals surface area contributed by atoms with Crippen LogP contribution in [0.2, 0.25) is 0 Å². The van der Waals surface area contributed by atoms with E-state index in [1.165, 1.54) is 0 Å². The molecule has 21 heavy (non-hydrogen) atoms. The lowest BCUT2D eigenvalue weighted by Gasteiger charge is -2.08. The molecule has 6 heteroatoms. The number of nitrogens with zero attached hydrogens (tertiary/aromatic N) is 3. The van der Waals surface area contributed by atoms with Crippen LogP contribution in [0.25, 0.3) is 0 Å². The van der Waals surface area contributed by atoms with Crippen molar-refractivity contribution in [2.45, 2.75) is 39.7 Å². The maximum atomic E-state index is 12.0. The van der Waals surface area contributed by atoms with E-state index in [4.69, 9.17) is 5.73 Å². The highest BCUT2D eigenvalue weighted by Crippen LogP contribution is 2.16. The van der Waals surface area contributed by atoms with Crippen LogP contribution >= 0.6 is 0 Å². The molecule has 0 saturated heterocycles. The van der Waals surface area contributed by atoms with Gasteiger partial charge in [-0.05, 0) is 12.1 Å². The Labute approximate surface area is 124 Å². The van der Waals surface area contributed by atoms with Crippen molar-refractivity contribution in [1.29, 1.82) is 0 Å². The van der Waals surface area contributed by atoms with Gasteiger partial charge in [0.05, 0.1) is 17.9 Å². The Balaban J connectivity index is 1.95. The van der Waals surface area contributed by atoms with E-state index < -0.39 is 0 Å². The average Bonchev–Trinajstić information content (AvgIpc) is 2.90. The van der Waals surface area contributed by atoms with Gasteiger partial charge in [0, 0.05) is 19.3 Å². The number of hydrogen-bond donors (Lipinski definition) is 2. The first-order valence-corrected chi connectivity index (χ1v) is 7.21. The zero-order chi connectivity index (χ0) is 15.2. The van der Waals surface area contributed by atoms with Gasteiger partial charge in [-0.1, -0.05) is 26.0 Å². The van der Waals surface area contributed by atoms with Crippen molar-refractivity contribution in [3.05, 3.63) is 35.9 Å². The van der Waals surface area contributed by atoms with E-state index in [9.17, 15) is 4.79 Å². The third-order valence-corrected chi connectivity index (χ3v) is 3.21. The normalized spacial score (nSPS) is 10.6. The van der Waals surface area contributed by atoms with Crippen molar-refractivity contribution >= 4 is 17.3 Å². The number of benzene rings is 1. The monoisotopic (exact) mass is 287 g/mol. The molecule has 0 aliphatic heterocycles. The molecule has 0 radical (unpaired) electrons. The van der Waals surface area contributed by atoms with E-state index in [1.807, 2.05) is 30.7 Å². The number of nitrogens with two attached hydrogens (primary N) is 1. The number of amides is 1. The van der Waals surface area contributed by atoms with Crippen molar-refractivity contribution in [3.8, 4) is 0 Å². The van der Waals surface area contributed by atoms with Crippen LogP contribution in [-0.2, 0) is 24.2 Å². The summed E-state index contributed by atoms with van der Waals surface area (Å²) in [6.45, 7) is 4.57. The Morgan fingerprint density at radius 1 is 1.29 bits per heavy atom. The van der Waals surface area contributed by atoms with Gasteiger partial charge in [-0.3, -0.25) is 4.79 Å². The van der Waals surface area contributed by atoms with Crippen LogP contribution in [0.4, 0.5) is 11.4 Å². The molecule has 0 unspecified atom stereocenters. The van der Waals surface area contributed by atoms with Crippen molar-refractivity contribution in [2.75, 3.05) is 11.1 Å². The van der Waals surface area contributed by atoms with E-state index >= 15 is 0 Å². The van der Waals surface area contributed by atoms with Crippen LogP contribution in [0.3, 0.4) is 0 Å². The Kier molecular flexibility index (Phi) is 4.92. The molecular weight excluding hydrogens is 266 g/mol.